The van der Waals surface area contributed by atoms with E-state index in [0.717, 1.165) is 24.0 Å². The molecule has 2 N–H and O–H groups in total. The molecule has 0 aliphatic heterocycles. The number of aryl methyl sites for hydroxylation is 2. The Labute approximate surface area is 167 Å². The minimum atomic E-state index is -3.77. The number of benzene rings is 2. The van der Waals surface area contributed by atoms with Gasteiger partial charge < -0.3 is 15.4 Å². The van der Waals surface area contributed by atoms with Gasteiger partial charge in [0.05, 0.1) is 24.2 Å². The molecule has 0 atom stereocenters. The maximum absolute atomic E-state index is 13.2. The van der Waals surface area contributed by atoms with Gasteiger partial charge in [0.2, 0.25) is 15.7 Å². The molecule has 0 aliphatic carbocycles. The highest BCUT2D eigenvalue weighted by atomic mass is 32.2. The first kappa shape index (κ1) is 21.8. The summed E-state index contributed by atoms with van der Waals surface area (Å²) in [5, 5.41) is 5.82. The number of nitrogens with one attached hydrogen (secondary N) is 2. The number of rotatable bonds is 9. The minimum absolute atomic E-state index is 0.0353. The molecule has 7 heteroatoms. The molecule has 0 bridgehead atoms. The fourth-order valence-electron chi connectivity index (χ4n) is 2.77. The lowest BCUT2D eigenvalue weighted by Crippen LogP contribution is -2.30. The number of ether oxygens (including phenoxy) is 1. The highest BCUT2D eigenvalue weighted by molar-refractivity contribution is 7.91. The summed E-state index contributed by atoms with van der Waals surface area (Å²) >= 11 is 0. The quantitative estimate of drug-likeness (QED) is 0.625. The van der Waals surface area contributed by atoms with Crippen LogP contribution in [0.5, 0.6) is 5.75 Å². The van der Waals surface area contributed by atoms with E-state index < -0.39 is 9.84 Å². The summed E-state index contributed by atoms with van der Waals surface area (Å²) in [7, 11) is -2.34. The lowest BCUT2D eigenvalue weighted by Gasteiger charge is -2.17. The van der Waals surface area contributed by atoms with Gasteiger partial charge >= 0.3 is 0 Å². The molecule has 0 radical (unpaired) electrons. The number of sulfone groups is 1. The Morgan fingerprint density at radius 1 is 1.07 bits per heavy atom. The topological polar surface area (TPSA) is 84.5 Å². The van der Waals surface area contributed by atoms with Crippen LogP contribution < -0.4 is 15.4 Å². The second-order valence-corrected chi connectivity index (χ2v) is 8.64. The highest BCUT2D eigenvalue weighted by Gasteiger charge is 2.25. The monoisotopic (exact) mass is 404 g/mol. The van der Waals surface area contributed by atoms with Crippen LogP contribution in [-0.2, 0) is 14.6 Å². The molecule has 0 spiro atoms. The van der Waals surface area contributed by atoms with Crippen LogP contribution in [-0.4, -0.2) is 34.5 Å². The summed E-state index contributed by atoms with van der Waals surface area (Å²) in [6.45, 7) is 6.41. The first-order valence-corrected chi connectivity index (χ1v) is 10.8. The molecule has 2 aromatic rings. The first-order chi connectivity index (χ1) is 13.3. The van der Waals surface area contributed by atoms with Crippen molar-refractivity contribution in [2.75, 3.05) is 25.5 Å². The Morgan fingerprint density at radius 2 is 1.75 bits per heavy atom. The summed E-state index contributed by atoms with van der Waals surface area (Å²) < 4.78 is 31.7. The summed E-state index contributed by atoms with van der Waals surface area (Å²) in [5.74, 6) is 0.0486. The van der Waals surface area contributed by atoms with Crippen molar-refractivity contribution in [2.24, 2.45) is 0 Å². The van der Waals surface area contributed by atoms with Crippen LogP contribution in [0.1, 0.15) is 30.9 Å². The van der Waals surface area contributed by atoms with Crippen molar-refractivity contribution in [1.29, 1.82) is 0 Å². The number of hydrogen-bond acceptors (Lipinski definition) is 5. The maximum atomic E-state index is 13.2. The molecule has 2 aromatic carbocycles. The van der Waals surface area contributed by atoms with E-state index in [2.05, 4.69) is 17.6 Å². The summed E-state index contributed by atoms with van der Waals surface area (Å²) in [4.78, 5) is 12.3. The summed E-state index contributed by atoms with van der Waals surface area (Å²) in [5.41, 5.74) is 2.20. The number of methoxy groups -OCH3 is 1. The third kappa shape index (κ3) is 5.25. The number of amides is 1. The van der Waals surface area contributed by atoms with Gasteiger partial charge in [-0.3, -0.25) is 4.79 Å². The number of carbonyl (C=O) groups is 1. The first-order valence-electron chi connectivity index (χ1n) is 9.30. The Hall–Kier alpha value is -2.54. The van der Waals surface area contributed by atoms with Crippen LogP contribution in [0.15, 0.2) is 46.2 Å². The zero-order chi connectivity index (χ0) is 20.7. The van der Waals surface area contributed by atoms with Crippen molar-refractivity contribution in [3.05, 3.63) is 47.5 Å². The zero-order valence-electron chi connectivity index (χ0n) is 16.8. The molecule has 0 heterocycles. The second-order valence-electron chi connectivity index (χ2n) is 6.72. The molecular weight excluding hydrogens is 376 g/mol. The fourth-order valence-corrected chi connectivity index (χ4v) is 4.30. The van der Waals surface area contributed by atoms with Gasteiger partial charge in [-0.2, -0.15) is 0 Å². The van der Waals surface area contributed by atoms with Gasteiger partial charge in [0.1, 0.15) is 4.90 Å². The smallest absolute Gasteiger partial charge is 0.239 e. The number of unbranched alkanes of at least 4 members (excludes halogenated alkanes) is 1. The zero-order valence-corrected chi connectivity index (χ0v) is 17.7. The molecule has 6 nitrogen and oxygen atoms in total. The average molecular weight is 405 g/mol. The van der Waals surface area contributed by atoms with Crippen molar-refractivity contribution in [1.82, 2.24) is 5.32 Å². The van der Waals surface area contributed by atoms with Gasteiger partial charge in [-0.05, 0) is 50.1 Å². The largest absolute Gasteiger partial charge is 0.493 e. The van der Waals surface area contributed by atoms with E-state index in [-0.39, 0.29) is 28.0 Å². The van der Waals surface area contributed by atoms with E-state index in [1.165, 1.54) is 7.11 Å². The Balaban J connectivity index is 2.33. The van der Waals surface area contributed by atoms with Crippen molar-refractivity contribution in [2.45, 2.75) is 43.4 Å². The van der Waals surface area contributed by atoms with Gasteiger partial charge in [-0.1, -0.05) is 31.0 Å². The molecule has 0 aromatic heterocycles. The normalized spacial score (nSPS) is 11.1. The predicted octanol–water partition coefficient (Wildman–Crippen LogP) is 3.47. The molecule has 152 valence electrons. The van der Waals surface area contributed by atoms with Crippen LogP contribution in [0.25, 0.3) is 0 Å². The van der Waals surface area contributed by atoms with Gasteiger partial charge in [0, 0.05) is 6.54 Å². The van der Waals surface area contributed by atoms with E-state index in [9.17, 15) is 13.2 Å². The van der Waals surface area contributed by atoms with Crippen molar-refractivity contribution < 1.29 is 17.9 Å². The number of carbonyl (C=O) groups excluding carboxylic acids is 1. The molecule has 0 saturated heterocycles. The van der Waals surface area contributed by atoms with E-state index in [1.54, 1.807) is 43.3 Å². The standard InChI is InChI=1S/C21H28N2O4S/c1-5-6-11-22-20(24)14-23-18-12-16(3)13-19(21(18)27-4)28(25,26)17-9-7-15(2)8-10-17/h7-10,12-13,23H,5-6,11,14H2,1-4H3,(H,22,24). The second kappa shape index (κ2) is 9.59. The number of hydrogen-bond donors (Lipinski definition) is 2. The molecule has 0 fully saturated rings. The van der Waals surface area contributed by atoms with Crippen LogP contribution in [0.3, 0.4) is 0 Å². The lowest BCUT2D eigenvalue weighted by atomic mass is 10.2. The Kier molecular flexibility index (Phi) is 7.45. The molecular formula is C21H28N2O4S. The molecule has 0 saturated carbocycles. The SMILES string of the molecule is CCCCNC(=O)CNc1cc(C)cc(S(=O)(=O)c2ccc(C)cc2)c1OC. The van der Waals surface area contributed by atoms with Crippen molar-refractivity contribution >= 4 is 21.4 Å². The molecule has 0 aliphatic rings. The highest BCUT2D eigenvalue weighted by Crippen LogP contribution is 2.36. The van der Waals surface area contributed by atoms with Crippen molar-refractivity contribution in [3.8, 4) is 5.75 Å². The van der Waals surface area contributed by atoms with Crippen LogP contribution >= 0.6 is 0 Å². The van der Waals surface area contributed by atoms with Gasteiger partial charge in [0.15, 0.2) is 5.75 Å². The van der Waals surface area contributed by atoms with E-state index in [4.69, 9.17) is 4.74 Å². The van der Waals surface area contributed by atoms with Crippen LogP contribution in [0, 0.1) is 13.8 Å². The number of anilines is 1. The fraction of sp³-hybridized carbons (Fsp3) is 0.381. The minimum Gasteiger partial charge on any atom is -0.493 e. The lowest BCUT2D eigenvalue weighted by molar-refractivity contribution is -0.119. The molecule has 1 amide bonds. The third-order valence-corrected chi connectivity index (χ3v) is 6.09. The third-order valence-electron chi connectivity index (χ3n) is 4.32. The summed E-state index contributed by atoms with van der Waals surface area (Å²) in [6, 6.07) is 10.0. The Morgan fingerprint density at radius 3 is 2.36 bits per heavy atom. The molecule has 0 unspecified atom stereocenters. The van der Waals surface area contributed by atoms with Gasteiger partial charge in [0.25, 0.3) is 0 Å². The van der Waals surface area contributed by atoms with Gasteiger partial charge in [-0.15, -0.1) is 0 Å². The van der Waals surface area contributed by atoms with E-state index in [1.807, 2.05) is 6.92 Å². The van der Waals surface area contributed by atoms with Gasteiger partial charge in [-0.25, -0.2) is 8.42 Å². The molecule has 28 heavy (non-hydrogen) atoms. The van der Waals surface area contributed by atoms with E-state index in [0.29, 0.717) is 12.2 Å². The van der Waals surface area contributed by atoms with Crippen LogP contribution in [0.4, 0.5) is 5.69 Å². The maximum Gasteiger partial charge on any atom is 0.239 e. The van der Waals surface area contributed by atoms with E-state index >= 15 is 0 Å². The summed E-state index contributed by atoms with van der Waals surface area (Å²) in [6.07, 6.45) is 1.91. The van der Waals surface area contributed by atoms with Crippen molar-refractivity contribution in [3.63, 3.8) is 0 Å². The average Bonchev–Trinajstić information content (AvgIpc) is 2.66. The Bertz CT molecular complexity index is 922. The predicted molar refractivity (Wildman–Crippen MR) is 111 cm³/mol. The molecule has 2 rings (SSSR count). The van der Waals surface area contributed by atoms with Crippen LogP contribution in [0.2, 0.25) is 0 Å².